The molecule has 0 rings (SSSR count). The van der Waals surface area contributed by atoms with Gasteiger partial charge in [-0.2, -0.15) is 0 Å². The Hall–Kier alpha value is -1.79. The zero-order valence-electron chi connectivity index (χ0n) is 12.5. The van der Waals surface area contributed by atoms with Crippen LogP contribution in [0.15, 0.2) is 0 Å². The number of carboxylic acids is 1. The lowest BCUT2D eigenvalue weighted by Gasteiger charge is -2.17. The van der Waals surface area contributed by atoms with Crippen molar-refractivity contribution in [1.29, 1.82) is 0 Å². The Labute approximate surface area is 119 Å². The van der Waals surface area contributed by atoms with Gasteiger partial charge in [0.1, 0.15) is 6.04 Å². The van der Waals surface area contributed by atoms with Crippen LogP contribution in [0.1, 0.15) is 34.1 Å². The number of urea groups is 1. The van der Waals surface area contributed by atoms with E-state index in [1.165, 1.54) is 0 Å². The van der Waals surface area contributed by atoms with Crippen molar-refractivity contribution in [1.82, 2.24) is 16.0 Å². The van der Waals surface area contributed by atoms with Crippen LogP contribution in [-0.2, 0) is 9.59 Å². The summed E-state index contributed by atoms with van der Waals surface area (Å²) in [6, 6.07) is -1.21. The smallest absolute Gasteiger partial charge is 0.315 e. The number of aliphatic carboxylic acids is 1. The summed E-state index contributed by atoms with van der Waals surface area (Å²) in [4.78, 5) is 34.0. The minimum Gasteiger partial charge on any atom is -0.481 e. The number of hydrogen-bond acceptors (Lipinski definition) is 3. The average Bonchev–Trinajstić information content (AvgIpc) is 2.33. The molecule has 3 amide bonds. The molecule has 0 radical (unpaired) electrons. The number of carbonyl (C=O) groups excluding carboxylic acids is 2. The van der Waals surface area contributed by atoms with E-state index in [0.717, 1.165) is 0 Å². The van der Waals surface area contributed by atoms with Crippen LogP contribution < -0.4 is 16.0 Å². The fraction of sp³-hybridized carbons (Fsp3) is 0.769. The summed E-state index contributed by atoms with van der Waals surface area (Å²) in [5.74, 6) is -1.61. The van der Waals surface area contributed by atoms with Crippen LogP contribution in [0.3, 0.4) is 0 Å². The second-order valence-electron chi connectivity index (χ2n) is 5.14. The first-order chi connectivity index (χ1) is 9.27. The molecule has 0 spiro atoms. The lowest BCUT2D eigenvalue weighted by Crippen LogP contribution is -2.49. The third-order valence-corrected chi connectivity index (χ3v) is 2.71. The summed E-state index contributed by atoms with van der Waals surface area (Å²) in [5.41, 5.74) is 0. The van der Waals surface area contributed by atoms with Crippen molar-refractivity contribution in [3.8, 4) is 0 Å². The topological polar surface area (TPSA) is 108 Å². The number of rotatable bonds is 8. The molecule has 0 fully saturated rings. The van der Waals surface area contributed by atoms with Gasteiger partial charge in [0.15, 0.2) is 0 Å². The molecule has 0 aromatic carbocycles. The van der Waals surface area contributed by atoms with Crippen LogP contribution in [0.5, 0.6) is 0 Å². The van der Waals surface area contributed by atoms with Crippen molar-refractivity contribution in [2.45, 2.75) is 40.2 Å². The summed E-state index contributed by atoms with van der Waals surface area (Å²) in [7, 11) is 0. The van der Waals surface area contributed by atoms with Crippen molar-refractivity contribution in [3.63, 3.8) is 0 Å². The van der Waals surface area contributed by atoms with Gasteiger partial charge >= 0.3 is 12.0 Å². The first-order valence-electron chi connectivity index (χ1n) is 6.82. The molecule has 0 aromatic rings. The number of nitrogens with one attached hydrogen (secondary N) is 3. The van der Waals surface area contributed by atoms with Crippen LogP contribution in [0.2, 0.25) is 0 Å². The maximum atomic E-state index is 11.6. The predicted molar refractivity (Wildman–Crippen MR) is 75.3 cm³/mol. The van der Waals surface area contributed by atoms with Gasteiger partial charge < -0.3 is 21.1 Å². The van der Waals surface area contributed by atoms with Crippen molar-refractivity contribution in [2.24, 2.45) is 11.8 Å². The summed E-state index contributed by atoms with van der Waals surface area (Å²) in [5, 5.41) is 16.6. The number of carboxylic acid groups (broad SMARTS) is 1. The molecule has 0 bridgehead atoms. The molecule has 20 heavy (non-hydrogen) atoms. The fourth-order valence-corrected chi connectivity index (χ4v) is 1.70. The van der Waals surface area contributed by atoms with Crippen LogP contribution in [0.25, 0.3) is 0 Å². The number of amides is 3. The molecule has 0 aromatic heterocycles. The largest absolute Gasteiger partial charge is 0.481 e. The highest BCUT2D eigenvalue weighted by atomic mass is 16.4. The molecule has 0 saturated heterocycles. The van der Waals surface area contributed by atoms with Gasteiger partial charge in [-0.1, -0.05) is 13.8 Å². The zero-order valence-corrected chi connectivity index (χ0v) is 12.5. The average molecular weight is 287 g/mol. The van der Waals surface area contributed by atoms with Crippen molar-refractivity contribution >= 4 is 17.9 Å². The first kappa shape index (κ1) is 18.2. The standard InChI is InChI=1S/C13H25N3O4/c1-5-14-11(17)9(4)16-13(20)15-7-10(12(18)19)6-8(2)3/h8-10H,5-7H2,1-4H3,(H,14,17)(H,18,19)(H2,15,16,20). The molecule has 0 heterocycles. The van der Waals surface area contributed by atoms with E-state index in [1.807, 2.05) is 13.8 Å². The van der Waals surface area contributed by atoms with Crippen molar-refractivity contribution in [2.75, 3.05) is 13.1 Å². The van der Waals surface area contributed by atoms with Gasteiger partial charge in [-0.25, -0.2) is 4.79 Å². The number of hydrogen-bond donors (Lipinski definition) is 4. The minimum absolute atomic E-state index is 0.0431. The monoisotopic (exact) mass is 287 g/mol. The molecule has 7 nitrogen and oxygen atoms in total. The molecule has 0 aliphatic heterocycles. The summed E-state index contributed by atoms with van der Waals surface area (Å²) >= 11 is 0. The zero-order chi connectivity index (χ0) is 15.7. The van der Waals surface area contributed by atoms with Gasteiger partial charge in [0.2, 0.25) is 5.91 Å². The summed E-state index contributed by atoms with van der Waals surface area (Å²) in [6.45, 7) is 7.73. The Morgan fingerprint density at radius 3 is 2.15 bits per heavy atom. The normalized spacial score (nSPS) is 13.4. The van der Waals surface area contributed by atoms with Gasteiger partial charge in [0, 0.05) is 13.1 Å². The summed E-state index contributed by atoms with van der Waals surface area (Å²) in [6.07, 6.45) is 0.488. The molecule has 0 aliphatic carbocycles. The molecule has 0 aliphatic rings. The van der Waals surface area contributed by atoms with E-state index < -0.39 is 24.0 Å². The van der Waals surface area contributed by atoms with Crippen LogP contribution in [0.4, 0.5) is 4.79 Å². The lowest BCUT2D eigenvalue weighted by molar-refractivity contribution is -0.142. The van der Waals surface area contributed by atoms with E-state index in [0.29, 0.717) is 13.0 Å². The quantitative estimate of drug-likeness (QED) is 0.523. The highest BCUT2D eigenvalue weighted by Crippen LogP contribution is 2.10. The van der Waals surface area contributed by atoms with Gasteiger partial charge in [0.05, 0.1) is 5.92 Å². The third kappa shape index (κ3) is 7.60. The lowest BCUT2D eigenvalue weighted by atomic mass is 9.97. The molecule has 2 atom stereocenters. The van der Waals surface area contributed by atoms with Gasteiger partial charge in [-0.05, 0) is 26.2 Å². The molecular weight excluding hydrogens is 262 g/mol. The molecular formula is C13H25N3O4. The van der Waals surface area contributed by atoms with E-state index in [4.69, 9.17) is 5.11 Å². The Morgan fingerprint density at radius 2 is 1.70 bits per heavy atom. The Morgan fingerprint density at radius 1 is 1.10 bits per heavy atom. The van der Waals surface area contributed by atoms with E-state index in [2.05, 4.69) is 16.0 Å². The molecule has 7 heteroatoms. The Bertz CT molecular complexity index is 345. The maximum absolute atomic E-state index is 11.6. The van der Waals surface area contributed by atoms with E-state index >= 15 is 0 Å². The molecule has 116 valence electrons. The van der Waals surface area contributed by atoms with E-state index in [-0.39, 0.29) is 18.4 Å². The van der Waals surface area contributed by atoms with E-state index in [9.17, 15) is 14.4 Å². The van der Waals surface area contributed by atoms with Gasteiger partial charge in [-0.3, -0.25) is 9.59 Å². The third-order valence-electron chi connectivity index (χ3n) is 2.71. The highest BCUT2D eigenvalue weighted by molar-refractivity contribution is 5.86. The van der Waals surface area contributed by atoms with Crippen molar-refractivity contribution in [3.05, 3.63) is 0 Å². The van der Waals surface area contributed by atoms with E-state index in [1.54, 1.807) is 13.8 Å². The Kier molecular flexibility index (Phi) is 8.35. The molecule has 0 saturated carbocycles. The van der Waals surface area contributed by atoms with Gasteiger partial charge in [-0.15, -0.1) is 0 Å². The molecule has 4 N–H and O–H groups in total. The first-order valence-corrected chi connectivity index (χ1v) is 6.82. The second-order valence-corrected chi connectivity index (χ2v) is 5.14. The highest BCUT2D eigenvalue weighted by Gasteiger charge is 2.20. The molecule has 2 unspecified atom stereocenters. The fourth-order valence-electron chi connectivity index (χ4n) is 1.70. The number of likely N-dealkylation sites (N-methyl/N-ethyl adjacent to an activating group) is 1. The van der Waals surface area contributed by atoms with Crippen molar-refractivity contribution < 1.29 is 19.5 Å². The number of carbonyl (C=O) groups is 3. The maximum Gasteiger partial charge on any atom is 0.315 e. The van der Waals surface area contributed by atoms with Crippen LogP contribution >= 0.6 is 0 Å². The van der Waals surface area contributed by atoms with Crippen LogP contribution in [0, 0.1) is 11.8 Å². The Balaban J connectivity index is 4.19. The minimum atomic E-state index is -0.934. The van der Waals surface area contributed by atoms with Gasteiger partial charge in [0.25, 0.3) is 0 Å². The summed E-state index contributed by atoms with van der Waals surface area (Å²) < 4.78 is 0. The predicted octanol–water partition coefficient (Wildman–Crippen LogP) is 0.557. The SMILES string of the molecule is CCNC(=O)C(C)NC(=O)NCC(CC(C)C)C(=O)O. The second kappa shape index (κ2) is 9.17. The van der Waals surface area contributed by atoms with Crippen LogP contribution in [-0.4, -0.2) is 42.1 Å².